The van der Waals surface area contributed by atoms with E-state index >= 15 is 0 Å². The normalized spacial score (nSPS) is 22.1. The van der Waals surface area contributed by atoms with Crippen LogP contribution in [0.15, 0.2) is 36.4 Å². The second kappa shape index (κ2) is 8.52. The summed E-state index contributed by atoms with van der Waals surface area (Å²) in [5, 5.41) is 2.08. The third kappa shape index (κ3) is 4.70. The summed E-state index contributed by atoms with van der Waals surface area (Å²) in [6.45, 7) is 7.85. The van der Waals surface area contributed by atoms with E-state index in [1.165, 1.54) is 20.0 Å². The Labute approximate surface area is 184 Å². The lowest BCUT2D eigenvalue weighted by atomic mass is 9.72. The van der Waals surface area contributed by atoms with Gasteiger partial charge in [-0.2, -0.15) is 0 Å². The van der Waals surface area contributed by atoms with E-state index in [-0.39, 0.29) is 23.9 Å². The number of esters is 1. The van der Waals surface area contributed by atoms with Crippen LogP contribution in [0.1, 0.15) is 56.8 Å². The number of nitrogens with zero attached hydrogens (tertiary/aromatic N) is 1. The fourth-order valence-corrected chi connectivity index (χ4v) is 4.81. The van der Waals surface area contributed by atoms with Crippen LogP contribution in [0.5, 0.6) is 5.75 Å². The predicted octanol–water partition coefficient (Wildman–Crippen LogP) is 5.07. The molecule has 4 rings (SSSR count). The third-order valence-electron chi connectivity index (χ3n) is 6.96. The second-order valence-corrected chi connectivity index (χ2v) is 10.1. The first-order valence-electron chi connectivity index (χ1n) is 11.3. The van der Waals surface area contributed by atoms with Gasteiger partial charge in [-0.15, -0.1) is 0 Å². The molecule has 2 aromatic rings. The molecule has 1 aliphatic heterocycles. The van der Waals surface area contributed by atoms with Gasteiger partial charge in [0.05, 0.1) is 19.1 Å². The number of carbonyl (C=O) groups excluding carboxylic acids is 2. The Bertz CT molecular complexity index is 963. The summed E-state index contributed by atoms with van der Waals surface area (Å²) in [6, 6.07) is 11.8. The molecule has 0 N–H and O–H groups in total. The Kier molecular flexibility index (Phi) is 5.96. The zero-order chi connectivity index (χ0) is 22.2. The molecule has 0 aromatic heterocycles. The van der Waals surface area contributed by atoms with E-state index in [1.807, 2.05) is 30.3 Å². The van der Waals surface area contributed by atoms with Gasteiger partial charge in [-0.3, -0.25) is 9.59 Å². The Balaban J connectivity index is 1.38. The van der Waals surface area contributed by atoms with Crippen molar-refractivity contribution in [2.24, 2.45) is 17.3 Å². The Morgan fingerprint density at radius 3 is 2.23 bits per heavy atom. The van der Waals surface area contributed by atoms with Crippen LogP contribution in [0.25, 0.3) is 10.8 Å². The number of hydrogen-bond donors (Lipinski definition) is 0. The number of carbonyl (C=O) groups is 2. The van der Waals surface area contributed by atoms with Gasteiger partial charge in [0.15, 0.2) is 0 Å². The van der Waals surface area contributed by atoms with Gasteiger partial charge in [-0.1, -0.05) is 32.9 Å². The molecule has 2 fully saturated rings. The lowest BCUT2D eigenvalue weighted by Crippen LogP contribution is -2.53. The molecule has 166 valence electrons. The maximum absolute atomic E-state index is 12.7. The summed E-state index contributed by atoms with van der Waals surface area (Å²) in [5.41, 5.74) is 1.02. The van der Waals surface area contributed by atoms with Crippen molar-refractivity contribution in [1.29, 1.82) is 0 Å². The Morgan fingerprint density at radius 1 is 0.935 bits per heavy atom. The van der Waals surface area contributed by atoms with E-state index in [4.69, 9.17) is 9.47 Å². The van der Waals surface area contributed by atoms with Gasteiger partial charge >= 0.3 is 5.97 Å². The van der Waals surface area contributed by atoms with Crippen molar-refractivity contribution in [3.63, 3.8) is 0 Å². The standard InChI is InChI=1S/C26H33NO4/c1-26(2,3)21-8-11-22(12-9-21)31-23-10-7-17-13-19(6-5-18(17)14-23)24(28)27-15-20(16-27)25(29)30-4/h5-7,10,13-14,20-22H,8-9,11-12,15-16H2,1-4H3. The van der Waals surface area contributed by atoms with Gasteiger partial charge in [0.1, 0.15) is 5.75 Å². The maximum Gasteiger partial charge on any atom is 0.312 e. The van der Waals surface area contributed by atoms with Crippen LogP contribution in [0, 0.1) is 17.3 Å². The number of methoxy groups -OCH3 is 1. The quantitative estimate of drug-likeness (QED) is 0.645. The van der Waals surface area contributed by atoms with Gasteiger partial charge in [0, 0.05) is 18.7 Å². The molecule has 1 saturated heterocycles. The SMILES string of the molecule is COC(=O)C1CN(C(=O)c2ccc3cc(OC4CCC(C(C)(C)C)CC4)ccc3c2)C1. The van der Waals surface area contributed by atoms with Crippen molar-refractivity contribution >= 4 is 22.6 Å². The summed E-state index contributed by atoms with van der Waals surface area (Å²) in [4.78, 5) is 25.9. The minimum atomic E-state index is -0.248. The monoisotopic (exact) mass is 423 g/mol. The van der Waals surface area contributed by atoms with Crippen LogP contribution >= 0.6 is 0 Å². The number of rotatable bonds is 4. The molecule has 0 spiro atoms. The fraction of sp³-hybridized carbons (Fsp3) is 0.538. The molecule has 1 heterocycles. The molecular formula is C26H33NO4. The summed E-state index contributed by atoms with van der Waals surface area (Å²) in [5.74, 6) is 1.18. The van der Waals surface area contributed by atoms with Crippen molar-refractivity contribution in [3.05, 3.63) is 42.0 Å². The van der Waals surface area contributed by atoms with Crippen LogP contribution in [0.4, 0.5) is 0 Å². The van der Waals surface area contributed by atoms with Crippen molar-refractivity contribution in [2.75, 3.05) is 20.2 Å². The van der Waals surface area contributed by atoms with Crippen LogP contribution in [-0.4, -0.2) is 43.1 Å². The molecular weight excluding hydrogens is 390 g/mol. The molecule has 5 nitrogen and oxygen atoms in total. The first kappa shape index (κ1) is 21.7. The highest BCUT2D eigenvalue weighted by Crippen LogP contribution is 2.39. The van der Waals surface area contributed by atoms with E-state index in [0.29, 0.717) is 24.1 Å². The highest BCUT2D eigenvalue weighted by atomic mass is 16.5. The lowest BCUT2D eigenvalue weighted by molar-refractivity contribution is -0.149. The summed E-state index contributed by atoms with van der Waals surface area (Å²) in [7, 11) is 1.38. The minimum absolute atomic E-state index is 0.0435. The number of amides is 1. The maximum atomic E-state index is 12.7. The molecule has 2 aliphatic rings. The second-order valence-electron chi connectivity index (χ2n) is 10.1. The molecule has 31 heavy (non-hydrogen) atoms. The minimum Gasteiger partial charge on any atom is -0.490 e. The molecule has 0 unspecified atom stereocenters. The van der Waals surface area contributed by atoms with Crippen LogP contribution < -0.4 is 4.74 Å². The number of ether oxygens (including phenoxy) is 2. The van der Waals surface area contributed by atoms with Crippen molar-refractivity contribution in [1.82, 2.24) is 4.90 Å². The van der Waals surface area contributed by atoms with Crippen LogP contribution in [-0.2, 0) is 9.53 Å². The van der Waals surface area contributed by atoms with E-state index in [0.717, 1.165) is 35.3 Å². The van der Waals surface area contributed by atoms with Crippen molar-refractivity contribution in [3.8, 4) is 5.75 Å². The molecule has 0 radical (unpaired) electrons. The summed E-state index contributed by atoms with van der Waals surface area (Å²) in [6.07, 6.45) is 4.94. The van der Waals surface area contributed by atoms with Gasteiger partial charge in [-0.05, 0) is 72.1 Å². The molecule has 0 atom stereocenters. The highest BCUT2D eigenvalue weighted by molar-refractivity contribution is 5.99. The fourth-order valence-electron chi connectivity index (χ4n) is 4.81. The third-order valence-corrected chi connectivity index (χ3v) is 6.96. The van der Waals surface area contributed by atoms with Crippen molar-refractivity contribution in [2.45, 2.75) is 52.6 Å². The van der Waals surface area contributed by atoms with Gasteiger partial charge in [0.25, 0.3) is 5.91 Å². The summed E-state index contributed by atoms with van der Waals surface area (Å²) >= 11 is 0. The van der Waals surface area contributed by atoms with E-state index in [2.05, 4.69) is 26.8 Å². The predicted molar refractivity (Wildman–Crippen MR) is 121 cm³/mol. The largest absolute Gasteiger partial charge is 0.490 e. The topological polar surface area (TPSA) is 55.8 Å². The van der Waals surface area contributed by atoms with E-state index in [1.54, 1.807) is 4.90 Å². The van der Waals surface area contributed by atoms with E-state index in [9.17, 15) is 9.59 Å². The first-order chi connectivity index (χ1) is 14.7. The zero-order valence-electron chi connectivity index (χ0n) is 19.0. The van der Waals surface area contributed by atoms with E-state index < -0.39 is 0 Å². The zero-order valence-corrected chi connectivity index (χ0v) is 19.0. The lowest BCUT2D eigenvalue weighted by Gasteiger charge is -2.37. The number of fused-ring (bicyclic) bond motifs is 1. The molecule has 1 saturated carbocycles. The Morgan fingerprint density at radius 2 is 1.58 bits per heavy atom. The first-order valence-corrected chi connectivity index (χ1v) is 11.3. The summed E-state index contributed by atoms with van der Waals surface area (Å²) < 4.78 is 11.0. The van der Waals surface area contributed by atoms with Crippen LogP contribution in [0.2, 0.25) is 0 Å². The van der Waals surface area contributed by atoms with Gasteiger partial charge in [-0.25, -0.2) is 0 Å². The van der Waals surface area contributed by atoms with Crippen LogP contribution in [0.3, 0.4) is 0 Å². The molecule has 5 heteroatoms. The molecule has 0 bridgehead atoms. The van der Waals surface area contributed by atoms with Gasteiger partial charge in [0.2, 0.25) is 0 Å². The van der Waals surface area contributed by atoms with Crippen molar-refractivity contribution < 1.29 is 19.1 Å². The Hall–Kier alpha value is -2.56. The highest BCUT2D eigenvalue weighted by Gasteiger charge is 2.36. The van der Waals surface area contributed by atoms with Gasteiger partial charge < -0.3 is 14.4 Å². The average molecular weight is 424 g/mol. The number of benzene rings is 2. The number of hydrogen-bond acceptors (Lipinski definition) is 4. The molecule has 2 aromatic carbocycles. The smallest absolute Gasteiger partial charge is 0.312 e. The molecule has 1 amide bonds. The average Bonchev–Trinajstić information content (AvgIpc) is 2.71. The number of likely N-dealkylation sites (tertiary alicyclic amines) is 1. The molecule has 1 aliphatic carbocycles.